The highest BCUT2D eigenvalue weighted by Crippen LogP contribution is 2.28. The summed E-state index contributed by atoms with van der Waals surface area (Å²) >= 11 is 5.98. The molecule has 25 heavy (non-hydrogen) atoms. The van der Waals surface area contributed by atoms with Gasteiger partial charge in [-0.15, -0.1) is 0 Å². The van der Waals surface area contributed by atoms with Gasteiger partial charge in [0.25, 0.3) is 0 Å². The van der Waals surface area contributed by atoms with E-state index in [1.165, 1.54) is 7.11 Å². The van der Waals surface area contributed by atoms with E-state index in [0.29, 0.717) is 42.4 Å². The van der Waals surface area contributed by atoms with Crippen LogP contribution in [-0.4, -0.2) is 57.8 Å². The van der Waals surface area contributed by atoms with Gasteiger partial charge in [0.1, 0.15) is 5.75 Å². The monoisotopic (exact) mass is 389 g/mol. The standard InChI is InChI=1S/C16H24ClN3O4S/c1-11(20-8-6-13(7-9-20)19-25(3,22)23)16(21)18-14-10-12(17)4-5-15(14)24-2/h4-5,10-11,13,19H,6-9H2,1-3H3,(H,18,21). The molecule has 0 aliphatic carbocycles. The number of sulfonamides is 1. The number of likely N-dealkylation sites (tertiary alicyclic amines) is 1. The highest BCUT2D eigenvalue weighted by molar-refractivity contribution is 7.88. The van der Waals surface area contributed by atoms with Crippen molar-refractivity contribution in [1.29, 1.82) is 0 Å². The summed E-state index contributed by atoms with van der Waals surface area (Å²) in [6, 6.07) is 4.62. The number of methoxy groups -OCH3 is 1. The smallest absolute Gasteiger partial charge is 0.241 e. The Balaban J connectivity index is 1.94. The molecule has 0 radical (unpaired) electrons. The van der Waals surface area contributed by atoms with E-state index in [0.717, 1.165) is 6.26 Å². The summed E-state index contributed by atoms with van der Waals surface area (Å²) in [6.07, 6.45) is 2.50. The predicted octanol–water partition coefficient (Wildman–Crippen LogP) is 1.69. The highest BCUT2D eigenvalue weighted by atomic mass is 35.5. The lowest BCUT2D eigenvalue weighted by Crippen LogP contribution is -2.50. The minimum Gasteiger partial charge on any atom is -0.495 e. The van der Waals surface area contributed by atoms with Crippen LogP contribution < -0.4 is 14.8 Å². The molecule has 7 nitrogen and oxygen atoms in total. The molecule has 1 unspecified atom stereocenters. The Morgan fingerprint density at radius 1 is 1.36 bits per heavy atom. The lowest BCUT2D eigenvalue weighted by atomic mass is 10.0. The number of hydrogen-bond acceptors (Lipinski definition) is 5. The van der Waals surface area contributed by atoms with Crippen molar-refractivity contribution in [1.82, 2.24) is 9.62 Å². The first kappa shape index (κ1) is 20.0. The summed E-state index contributed by atoms with van der Waals surface area (Å²) in [5, 5.41) is 3.36. The fourth-order valence-electron chi connectivity index (χ4n) is 2.89. The van der Waals surface area contributed by atoms with Crippen molar-refractivity contribution < 1.29 is 17.9 Å². The summed E-state index contributed by atoms with van der Waals surface area (Å²) < 4.78 is 30.5. The van der Waals surface area contributed by atoms with E-state index in [1.54, 1.807) is 18.2 Å². The Bertz CT molecular complexity index is 718. The van der Waals surface area contributed by atoms with Gasteiger partial charge in [0.05, 0.1) is 25.1 Å². The van der Waals surface area contributed by atoms with E-state index < -0.39 is 10.0 Å². The van der Waals surface area contributed by atoms with E-state index >= 15 is 0 Å². The molecular formula is C16H24ClN3O4S. The number of rotatable bonds is 6. The number of anilines is 1. The van der Waals surface area contributed by atoms with Gasteiger partial charge < -0.3 is 10.1 Å². The van der Waals surface area contributed by atoms with Gasteiger partial charge in [-0.3, -0.25) is 9.69 Å². The molecule has 0 aromatic heterocycles. The van der Waals surface area contributed by atoms with Crippen LogP contribution in [0.4, 0.5) is 5.69 Å². The Morgan fingerprint density at radius 3 is 2.56 bits per heavy atom. The third-order valence-electron chi connectivity index (χ3n) is 4.26. The average molecular weight is 390 g/mol. The van der Waals surface area contributed by atoms with Gasteiger partial charge in [-0.2, -0.15) is 0 Å². The molecule has 1 heterocycles. The zero-order valence-electron chi connectivity index (χ0n) is 14.6. The number of benzene rings is 1. The van der Waals surface area contributed by atoms with Crippen LogP contribution in [0.25, 0.3) is 0 Å². The second-order valence-corrected chi connectivity index (χ2v) is 8.43. The summed E-state index contributed by atoms with van der Waals surface area (Å²) in [4.78, 5) is 14.6. The number of ether oxygens (including phenoxy) is 1. The van der Waals surface area contributed by atoms with Gasteiger partial charge in [0, 0.05) is 24.2 Å². The third kappa shape index (κ3) is 5.85. The third-order valence-corrected chi connectivity index (χ3v) is 5.25. The SMILES string of the molecule is COc1ccc(Cl)cc1NC(=O)C(C)N1CCC(NS(C)(=O)=O)CC1. The van der Waals surface area contributed by atoms with Crippen molar-refractivity contribution >= 4 is 33.2 Å². The minimum absolute atomic E-state index is 0.0745. The van der Waals surface area contributed by atoms with Crippen LogP contribution in [0.3, 0.4) is 0 Å². The molecule has 2 N–H and O–H groups in total. The van der Waals surface area contributed by atoms with Crippen molar-refractivity contribution in [2.45, 2.75) is 31.8 Å². The van der Waals surface area contributed by atoms with Crippen LogP contribution in [0.5, 0.6) is 5.75 Å². The van der Waals surface area contributed by atoms with Crippen LogP contribution in [0, 0.1) is 0 Å². The maximum Gasteiger partial charge on any atom is 0.241 e. The quantitative estimate of drug-likeness (QED) is 0.773. The topological polar surface area (TPSA) is 87.7 Å². The first-order valence-electron chi connectivity index (χ1n) is 8.05. The largest absolute Gasteiger partial charge is 0.495 e. The van der Waals surface area contributed by atoms with E-state index in [4.69, 9.17) is 16.3 Å². The van der Waals surface area contributed by atoms with Gasteiger partial charge in [0.15, 0.2) is 0 Å². The molecule has 1 aliphatic rings. The number of piperidine rings is 1. The first-order valence-corrected chi connectivity index (χ1v) is 10.3. The van der Waals surface area contributed by atoms with Gasteiger partial charge in [-0.1, -0.05) is 11.6 Å². The molecule has 1 aliphatic heterocycles. The highest BCUT2D eigenvalue weighted by Gasteiger charge is 2.28. The molecule has 9 heteroatoms. The van der Waals surface area contributed by atoms with E-state index in [2.05, 4.69) is 10.0 Å². The number of carbonyl (C=O) groups is 1. The number of nitrogens with zero attached hydrogens (tertiary/aromatic N) is 1. The lowest BCUT2D eigenvalue weighted by Gasteiger charge is -2.35. The van der Waals surface area contributed by atoms with Crippen LogP contribution in [0.15, 0.2) is 18.2 Å². The van der Waals surface area contributed by atoms with Crippen LogP contribution >= 0.6 is 11.6 Å². The average Bonchev–Trinajstić information content (AvgIpc) is 2.53. The molecule has 1 saturated heterocycles. The Labute approximate surface area is 153 Å². The summed E-state index contributed by atoms with van der Waals surface area (Å²) in [5.41, 5.74) is 0.528. The van der Waals surface area contributed by atoms with Crippen molar-refractivity contribution in [2.24, 2.45) is 0 Å². The van der Waals surface area contributed by atoms with Gasteiger partial charge in [0.2, 0.25) is 15.9 Å². The van der Waals surface area contributed by atoms with Crippen molar-refractivity contribution in [3.05, 3.63) is 23.2 Å². The number of hydrogen-bond donors (Lipinski definition) is 2. The number of nitrogens with one attached hydrogen (secondary N) is 2. The number of amides is 1. The molecule has 140 valence electrons. The van der Waals surface area contributed by atoms with Gasteiger partial charge >= 0.3 is 0 Å². The van der Waals surface area contributed by atoms with Crippen molar-refractivity contribution in [3.8, 4) is 5.75 Å². The summed E-state index contributed by atoms with van der Waals surface area (Å²) in [6.45, 7) is 3.12. The van der Waals surface area contributed by atoms with Crippen molar-refractivity contribution in [2.75, 3.05) is 31.8 Å². The maximum absolute atomic E-state index is 12.5. The molecule has 1 amide bonds. The fraction of sp³-hybridized carbons (Fsp3) is 0.562. The second-order valence-electron chi connectivity index (χ2n) is 6.21. The molecule has 1 aromatic rings. The molecular weight excluding hydrogens is 366 g/mol. The van der Waals surface area contributed by atoms with Crippen LogP contribution in [-0.2, 0) is 14.8 Å². The first-order chi connectivity index (χ1) is 11.7. The molecule has 1 atom stereocenters. The molecule has 0 saturated carbocycles. The molecule has 2 rings (SSSR count). The van der Waals surface area contributed by atoms with Crippen LogP contribution in [0.1, 0.15) is 19.8 Å². The Hall–Kier alpha value is -1.35. The molecule has 1 fully saturated rings. The van der Waals surface area contributed by atoms with E-state index in [9.17, 15) is 13.2 Å². The van der Waals surface area contributed by atoms with Gasteiger partial charge in [-0.05, 0) is 38.0 Å². The zero-order chi connectivity index (χ0) is 18.6. The van der Waals surface area contributed by atoms with Crippen molar-refractivity contribution in [3.63, 3.8) is 0 Å². The Kier molecular flexibility index (Phi) is 6.67. The zero-order valence-corrected chi connectivity index (χ0v) is 16.2. The summed E-state index contributed by atoms with van der Waals surface area (Å²) in [5.74, 6) is 0.385. The lowest BCUT2D eigenvalue weighted by molar-refractivity contribution is -0.121. The number of halogens is 1. The van der Waals surface area contributed by atoms with Crippen LogP contribution in [0.2, 0.25) is 5.02 Å². The Morgan fingerprint density at radius 2 is 2.00 bits per heavy atom. The minimum atomic E-state index is -3.20. The number of carbonyl (C=O) groups excluding carboxylic acids is 1. The summed E-state index contributed by atoms with van der Waals surface area (Å²) in [7, 11) is -1.67. The van der Waals surface area contributed by atoms with Gasteiger partial charge in [-0.25, -0.2) is 13.1 Å². The molecule has 1 aromatic carbocycles. The molecule has 0 spiro atoms. The maximum atomic E-state index is 12.5. The second kappa shape index (κ2) is 8.35. The fourth-order valence-corrected chi connectivity index (χ4v) is 3.90. The normalized spacial score (nSPS) is 17.9. The predicted molar refractivity (Wildman–Crippen MR) is 98.7 cm³/mol. The van der Waals surface area contributed by atoms with E-state index in [-0.39, 0.29) is 18.0 Å². The molecule has 0 bridgehead atoms. The van der Waals surface area contributed by atoms with E-state index in [1.807, 2.05) is 11.8 Å².